The van der Waals surface area contributed by atoms with Crippen LogP contribution < -0.4 is 10.6 Å². The molecule has 0 aliphatic heterocycles. The molecule has 2 heterocycles. The van der Waals surface area contributed by atoms with Crippen LogP contribution in [0.15, 0.2) is 67.0 Å². The molecule has 0 saturated heterocycles. The first-order valence-electron chi connectivity index (χ1n) is 9.97. The van der Waals surface area contributed by atoms with Crippen molar-refractivity contribution in [2.75, 3.05) is 17.7 Å². The highest BCUT2D eigenvalue weighted by atomic mass is 35.5. The average molecular weight is 498 g/mol. The summed E-state index contributed by atoms with van der Waals surface area (Å²) in [5.41, 5.74) is 2.63. The number of carbonyl (C=O) groups is 1. The van der Waals surface area contributed by atoms with Crippen LogP contribution in [0.2, 0.25) is 5.02 Å². The van der Waals surface area contributed by atoms with Crippen molar-refractivity contribution >= 4 is 57.2 Å². The minimum atomic E-state index is -0.429. The highest BCUT2D eigenvalue weighted by Gasteiger charge is 2.18. The molecule has 7 nitrogen and oxygen atoms in total. The molecule has 0 radical (unpaired) electrons. The maximum Gasteiger partial charge on any atom is 0.340 e. The molecule has 2 aromatic heterocycles. The van der Waals surface area contributed by atoms with Crippen molar-refractivity contribution in [3.05, 3.63) is 93.6 Å². The minimum absolute atomic E-state index is 0.275. The predicted octanol–water partition coefficient (Wildman–Crippen LogP) is 5.23. The molecule has 4 aromatic rings. The van der Waals surface area contributed by atoms with E-state index in [0.717, 1.165) is 16.0 Å². The lowest BCUT2D eigenvalue weighted by molar-refractivity contribution is 0.0602. The van der Waals surface area contributed by atoms with Gasteiger partial charge in [-0.25, -0.2) is 14.5 Å². The molecule has 2 aromatic carbocycles. The zero-order valence-electron chi connectivity index (χ0n) is 17.6. The number of nitrogens with one attached hydrogen (secondary N) is 2. The topological polar surface area (TPSA) is 81.1 Å². The fourth-order valence-electron chi connectivity index (χ4n) is 3.12. The summed E-state index contributed by atoms with van der Waals surface area (Å²) in [5.74, 6) is -0.0802. The van der Waals surface area contributed by atoms with Crippen LogP contribution in [0.3, 0.4) is 0 Å². The van der Waals surface area contributed by atoms with E-state index in [4.69, 9.17) is 28.6 Å². The van der Waals surface area contributed by atoms with Crippen LogP contribution in [0.4, 0.5) is 10.9 Å². The Morgan fingerprint density at radius 1 is 1.12 bits per heavy atom. The number of hydrogen-bond donors (Lipinski definition) is 2. The van der Waals surface area contributed by atoms with Gasteiger partial charge in [0, 0.05) is 16.3 Å². The van der Waals surface area contributed by atoms with Gasteiger partial charge in [-0.05, 0) is 41.5 Å². The number of anilines is 2. The molecule has 0 fully saturated rings. The molecular weight excluding hydrogens is 478 g/mol. The van der Waals surface area contributed by atoms with E-state index in [1.54, 1.807) is 11.0 Å². The molecule has 168 valence electrons. The van der Waals surface area contributed by atoms with Crippen LogP contribution in [-0.4, -0.2) is 33.0 Å². The summed E-state index contributed by atoms with van der Waals surface area (Å²) in [7, 11) is 1.36. The van der Waals surface area contributed by atoms with Gasteiger partial charge in [0.05, 0.1) is 19.2 Å². The summed E-state index contributed by atoms with van der Waals surface area (Å²) < 4.78 is 6.63. The Morgan fingerprint density at radius 2 is 1.88 bits per heavy atom. The van der Waals surface area contributed by atoms with Crippen molar-refractivity contribution in [1.82, 2.24) is 14.8 Å². The van der Waals surface area contributed by atoms with Crippen molar-refractivity contribution in [2.24, 2.45) is 0 Å². The van der Waals surface area contributed by atoms with Gasteiger partial charge in [0.1, 0.15) is 11.3 Å². The van der Waals surface area contributed by atoms with E-state index >= 15 is 0 Å². The van der Waals surface area contributed by atoms with E-state index in [1.165, 1.54) is 18.4 Å². The van der Waals surface area contributed by atoms with Crippen molar-refractivity contribution in [3.63, 3.8) is 0 Å². The molecule has 0 unspecified atom stereocenters. The molecule has 4 rings (SSSR count). The van der Waals surface area contributed by atoms with Crippen LogP contribution >= 0.6 is 35.2 Å². The lowest BCUT2D eigenvalue weighted by Crippen LogP contribution is -2.20. The van der Waals surface area contributed by atoms with E-state index < -0.39 is 5.97 Å². The predicted molar refractivity (Wildman–Crippen MR) is 135 cm³/mol. The van der Waals surface area contributed by atoms with Gasteiger partial charge in [-0.3, -0.25) is 5.32 Å². The van der Waals surface area contributed by atoms with E-state index in [0.29, 0.717) is 34.5 Å². The van der Waals surface area contributed by atoms with Crippen LogP contribution in [0.5, 0.6) is 0 Å². The number of rotatable bonds is 7. The molecule has 2 N–H and O–H groups in total. The van der Waals surface area contributed by atoms with Crippen molar-refractivity contribution < 1.29 is 9.53 Å². The average Bonchev–Trinajstić information content (AvgIpc) is 3.42. The first kappa shape index (κ1) is 22.9. The summed E-state index contributed by atoms with van der Waals surface area (Å²) in [5, 5.41) is 12.0. The third-order valence-corrected chi connectivity index (χ3v) is 6.16. The number of hydrogen-bond acceptors (Lipinski definition) is 6. The molecule has 0 aliphatic rings. The smallest absolute Gasteiger partial charge is 0.340 e. The van der Waals surface area contributed by atoms with Gasteiger partial charge in [0.25, 0.3) is 0 Å². The van der Waals surface area contributed by atoms with Gasteiger partial charge in [-0.1, -0.05) is 54.1 Å². The zero-order valence-corrected chi connectivity index (χ0v) is 20.0. The highest BCUT2D eigenvalue weighted by Crippen LogP contribution is 2.30. The first-order chi connectivity index (χ1) is 16.0. The van der Waals surface area contributed by atoms with E-state index in [1.807, 2.05) is 60.7 Å². The maximum absolute atomic E-state index is 12.3. The van der Waals surface area contributed by atoms with Gasteiger partial charge in [0.15, 0.2) is 5.11 Å². The Balaban J connectivity index is 1.42. The second-order valence-corrected chi connectivity index (χ2v) is 9.06. The SMILES string of the molecule is COC(=O)c1cc(Cc2ccccc2)sc1NC(=S)Nc1ncn(Cc2ccc(Cl)cc2)n1. The van der Waals surface area contributed by atoms with Gasteiger partial charge >= 0.3 is 5.97 Å². The summed E-state index contributed by atoms with van der Waals surface area (Å²) in [4.78, 5) is 17.5. The molecule has 0 amide bonds. The van der Waals surface area contributed by atoms with Crippen LogP contribution in [0, 0.1) is 0 Å². The molecule has 0 atom stereocenters. The lowest BCUT2D eigenvalue weighted by Gasteiger charge is -2.07. The number of ether oxygens (including phenoxy) is 1. The lowest BCUT2D eigenvalue weighted by atomic mass is 10.1. The standard InChI is InChI=1S/C23H20ClN5O2S2/c1-31-21(30)19-12-18(11-15-5-3-2-4-6-15)33-20(19)26-23(32)27-22-25-14-29(28-22)13-16-7-9-17(24)10-8-16/h2-10,12,14H,11,13H2,1H3,(H2,26,27,28,32). The molecule has 10 heteroatoms. The van der Waals surface area contributed by atoms with Crippen molar-refractivity contribution in [1.29, 1.82) is 0 Å². The number of benzene rings is 2. The minimum Gasteiger partial charge on any atom is -0.465 e. The number of esters is 1. The summed E-state index contributed by atoms with van der Waals surface area (Å²) in [6, 6.07) is 19.4. The first-order valence-corrected chi connectivity index (χ1v) is 11.6. The monoisotopic (exact) mass is 497 g/mol. The molecule has 0 spiro atoms. The van der Waals surface area contributed by atoms with E-state index in [-0.39, 0.29) is 5.11 Å². The maximum atomic E-state index is 12.3. The van der Waals surface area contributed by atoms with Gasteiger partial charge in [0.2, 0.25) is 5.95 Å². The largest absolute Gasteiger partial charge is 0.465 e. The second-order valence-electron chi connectivity index (χ2n) is 7.08. The normalized spacial score (nSPS) is 10.6. The summed E-state index contributed by atoms with van der Waals surface area (Å²) in [6.07, 6.45) is 2.32. The fourth-order valence-corrected chi connectivity index (χ4v) is 4.59. The third-order valence-electron chi connectivity index (χ3n) is 4.66. The van der Waals surface area contributed by atoms with Gasteiger partial charge in [-0.2, -0.15) is 0 Å². The third kappa shape index (κ3) is 6.16. The Hall–Kier alpha value is -3.27. The van der Waals surface area contributed by atoms with Crippen LogP contribution in [0.1, 0.15) is 26.4 Å². The molecule has 0 bridgehead atoms. The van der Waals surface area contributed by atoms with Gasteiger partial charge in [-0.15, -0.1) is 16.4 Å². The number of carbonyl (C=O) groups excluding carboxylic acids is 1. The molecule has 0 saturated carbocycles. The number of thiocarbonyl (C=S) groups is 1. The molecule has 33 heavy (non-hydrogen) atoms. The number of thiophene rings is 1. The van der Waals surface area contributed by atoms with Crippen LogP contribution in [-0.2, 0) is 17.7 Å². The quantitative estimate of drug-likeness (QED) is 0.267. The Kier molecular flexibility index (Phi) is 7.33. The van der Waals surface area contributed by atoms with E-state index in [9.17, 15) is 4.79 Å². The van der Waals surface area contributed by atoms with Gasteiger partial charge < -0.3 is 10.1 Å². The number of methoxy groups -OCH3 is 1. The van der Waals surface area contributed by atoms with Crippen LogP contribution in [0.25, 0.3) is 0 Å². The highest BCUT2D eigenvalue weighted by molar-refractivity contribution is 7.80. The zero-order chi connectivity index (χ0) is 23.2. The Bertz CT molecular complexity index is 1260. The molecule has 0 aliphatic carbocycles. The second kappa shape index (κ2) is 10.6. The van der Waals surface area contributed by atoms with Crippen molar-refractivity contribution in [3.8, 4) is 0 Å². The Morgan fingerprint density at radius 3 is 2.61 bits per heavy atom. The number of halogens is 1. The van der Waals surface area contributed by atoms with Crippen molar-refractivity contribution in [2.45, 2.75) is 13.0 Å². The fraction of sp³-hybridized carbons (Fsp3) is 0.130. The number of nitrogens with zero attached hydrogens (tertiary/aromatic N) is 3. The van der Waals surface area contributed by atoms with E-state index in [2.05, 4.69) is 20.7 Å². The Labute approximate surface area is 205 Å². The summed E-state index contributed by atoms with van der Waals surface area (Å²) in [6.45, 7) is 0.548. The number of aromatic nitrogens is 3. The summed E-state index contributed by atoms with van der Waals surface area (Å²) >= 11 is 12.8. The molecular formula is C23H20ClN5O2S2.